The molecule has 0 radical (unpaired) electrons. The van der Waals surface area contributed by atoms with Crippen LogP contribution in [0.1, 0.15) is 0 Å². The maximum absolute atomic E-state index is 11.6. The monoisotopic (exact) mass is 300 g/mol. The molecule has 0 spiro atoms. The number of fused-ring (bicyclic) bond motifs is 1. The number of aromatic amines is 1. The molecule has 6 heteroatoms. The van der Waals surface area contributed by atoms with Crippen LogP contribution in [0.3, 0.4) is 0 Å². The zero-order chi connectivity index (χ0) is 15.0. The van der Waals surface area contributed by atoms with Crippen LogP contribution in [0.2, 0.25) is 0 Å². The molecule has 2 heterocycles. The summed E-state index contributed by atoms with van der Waals surface area (Å²) < 4.78 is 22.9. The van der Waals surface area contributed by atoms with Crippen molar-refractivity contribution < 1.29 is 8.42 Å². The molecule has 0 aliphatic heterocycles. The van der Waals surface area contributed by atoms with E-state index in [0.29, 0.717) is 11.1 Å². The summed E-state index contributed by atoms with van der Waals surface area (Å²) in [6.07, 6.45) is 4.28. The highest BCUT2D eigenvalue weighted by atomic mass is 32.2. The van der Waals surface area contributed by atoms with Crippen molar-refractivity contribution in [3.63, 3.8) is 0 Å². The summed E-state index contributed by atoms with van der Waals surface area (Å²) >= 11 is 0. The SMILES string of the molecule is CS(=O)(=O)c1ccc(-c2cc3cc[nH]c(=O)c3cn2)cc1. The van der Waals surface area contributed by atoms with E-state index in [4.69, 9.17) is 0 Å². The number of hydrogen-bond donors (Lipinski definition) is 1. The maximum atomic E-state index is 11.6. The average Bonchev–Trinajstić information content (AvgIpc) is 2.46. The van der Waals surface area contributed by atoms with Gasteiger partial charge in [0.2, 0.25) is 0 Å². The Labute approximate surface area is 121 Å². The first-order valence-corrected chi connectivity index (χ1v) is 8.12. The Morgan fingerprint density at radius 1 is 1.10 bits per heavy atom. The van der Waals surface area contributed by atoms with Crippen molar-refractivity contribution in [1.82, 2.24) is 9.97 Å². The van der Waals surface area contributed by atoms with Crippen LogP contribution in [0.5, 0.6) is 0 Å². The second-order valence-corrected chi connectivity index (χ2v) is 6.78. The summed E-state index contributed by atoms with van der Waals surface area (Å²) in [4.78, 5) is 18.7. The predicted octanol–water partition coefficient (Wildman–Crippen LogP) is 1.99. The lowest BCUT2D eigenvalue weighted by atomic mass is 10.1. The van der Waals surface area contributed by atoms with Crippen LogP contribution in [0.15, 0.2) is 58.5 Å². The molecule has 0 bridgehead atoms. The molecular formula is C15H12N2O3S. The molecule has 0 aliphatic rings. The summed E-state index contributed by atoms with van der Waals surface area (Å²) in [5.41, 5.74) is 1.30. The highest BCUT2D eigenvalue weighted by Crippen LogP contribution is 2.22. The molecule has 21 heavy (non-hydrogen) atoms. The number of nitrogens with zero attached hydrogens (tertiary/aromatic N) is 1. The Balaban J connectivity index is 2.10. The molecular weight excluding hydrogens is 288 g/mol. The van der Waals surface area contributed by atoms with Gasteiger partial charge in [-0.15, -0.1) is 0 Å². The molecule has 106 valence electrons. The van der Waals surface area contributed by atoms with E-state index in [1.807, 2.05) is 0 Å². The van der Waals surface area contributed by atoms with E-state index in [1.54, 1.807) is 42.6 Å². The first kappa shape index (κ1) is 13.5. The Kier molecular flexibility index (Phi) is 3.10. The third kappa shape index (κ3) is 2.57. The van der Waals surface area contributed by atoms with E-state index in [9.17, 15) is 13.2 Å². The highest BCUT2D eigenvalue weighted by Gasteiger charge is 2.08. The van der Waals surface area contributed by atoms with Gasteiger partial charge in [0, 0.05) is 24.2 Å². The number of pyridine rings is 2. The molecule has 3 rings (SSSR count). The van der Waals surface area contributed by atoms with Gasteiger partial charge in [0.05, 0.1) is 16.0 Å². The smallest absolute Gasteiger partial charge is 0.257 e. The van der Waals surface area contributed by atoms with Gasteiger partial charge in [-0.3, -0.25) is 9.78 Å². The van der Waals surface area contributed by atoms with Crippen LogP contribution in [-0.4, -0.2) is 24.6 Å². The van der Waals surface area contributed by atoms with E-state index >= 15 is 0 Å². The second kappa shape index (κ2) is 4.82. The maximum Gasteiger partial charge on any atom is 0.257 e. The van der Waals surface area contributed by atoms with Crippen molar-refractivity contribution in [3.05, 3.63) is 59.1 Å². The van der Waals surface area contributed by atoms with Crippen molar-refractivity contribution in [1.29, 1.82) is 0 Å². The van der Waals surface area contributed by atoms with Crippen LogP contribution >= 0.6 is 0 Å². The van der Waals surface area contributed by atoms with Crippen molar-refractivity contribution in [3.8, 4) is 11.3 Å². The van der Waals surface area contributed by atoms with E-state index in [1.165, 1.54) is 12.5 Å². The standard InChI is InChI=1S/C15H12N2O3S/c1-21(19,20)12-4-2-10(3-5-12)14-8-11-6-7-16-15(18)13(11)9-17-14/h2-9H,1H3,(H,16,18). The van der Waals surface area contributed by atoms with Gasteiger partial charge in [0.15, 0.2) is 9.84 Å². The fourth-order valence-corrected chi connectivity index (χ4v) is 2.74. The van der Waals surface area contributed by atoms with Gasteiger partial charge in [-0.25, -0.2) is 8.42 Å². The van der Waals surface area contributed by atoms with E-state index in [-0.39, 0.29) is 10.5 Å². The predicted molar refractivity (Wildman–Crippen MR) is 80.9 cm³/mol. The van der Waals surface area contributed by atoms with Crippen molar-refractivity contribution in [2.45, 2.75) is 4.90 Å². The molecule has 1 aromatic carbocycles. The fraction of sp³-hybridized carbons (Fsp3) is 0.0667. The Hall–Kier alpha value is -2.47. The minimum Gasteiger partial charge on any atom is -0.329 e. The van der Waals surface area contributed by atoms with Crippen LogP contribution in [0.25, 0.3) is 22.0 Å². The van der Waals surface area contributed by atoms with Crippen molar-refractivity contribution in [2.24, 2.45) is 0 Å². The Bertz CT molecular complexity index is 974. The summed E-state index contributed by atoms with van der Waals surface area (Å²) in [5, 5.41) is 1.31. The Morgan fingerprint density at radius 2 is 1.81 bits per heavy atom. The number of benzene rings is 1. The number of aromatic nitrogens is 2. The number of H-pyrrole nitrogens is 1. The van der Waals surface area contributed by atoms with E-state index < -0.39 is 9.84 Å². The van der Waals surface area contributed by atoms with Gasteiger partial charge in [-0.05, 0) is 29.7 Å². The molecule has 0 saturated carbocycles. The molecule has 0 amide bonds. The van der Waals surface area contributed by atoms with Crippen LogP contribution in [-0.2, 0) is 9.84 Å². The topological polar surface area (TPSA) is 79.9 Å². The molecule has 5 nitrogen and oxygen atoms in total. The van der Waals surface area contributed by atoms with Crippen molar-refractivity contribution >= 4 is 20.6 Å². The molecule has 3 aromatic rings. The normalized spacial score (nSPS) is 11.7. The number of nitrogens with one attached hydrogen (secondary N) is 1. The van der Waals surface area contributed by atoms with Gasteiger partial charge in [-0.2, -0.15) is 0 Å². The lowest BCUT2D eigenvalue weighted by Gasteiger charge is -2.04. The average molecular weight is 300 g/mol. The van der Waals surface area contributed by atoms with Crippen LogP contribution in [0, 0.1) is 0 Å². The van der Waals surface area contributed by atoms with Gasteiger partial charge < -0.3 is 4.98 Å². The summed E-state index contributed by atoms with van der Waals surface area (Å²) in [6, 6.07) is 10.1. The summed E-state index contributed by atoms with van der Waals surface area (Å²) in [6.45, 7) is 0. The highest BCUT2D eigenvalue weighted by molar-refractivity contribution is 7.90. The summed E-state index contributed by atoms with van der Waals surface area (Å²) in [5.74, 6) is 0. The first-order chi connectivity index (χ1) is 9.95. The zero-order valence-corrected chi connectivity index (χ0v) is 12.0. The minimum atomic E-state index is -3.21. The third-order valence-electron chi connectivity index (χ3n) is 3.24. The molecule has 0 atom stereocenters. The fourth-order valence-electron chi connectivity index (χ4n) is 2.11. The number of rotatable bonds is 2. The van der Waals surface area contributed by atoms with Crippen molar-refractivity contribution in [2.75, 3.05) is 6.26 Å². The third-order valence-corrected chi connectivity index (χ3v) is 4.36. The van der Waals surface area contributed by atoms with Gasteiger partial charge in [0.25, 0.3) is 5.56 Å². The minimum absolute atomic E-state index is 0.182. The summed E-state index contributed by atoms with van der Waals surface area (Å²) in [7, 11) is -3.21. The molecule has 0 fully saturated rings. The van der Waals surface area contributed by atoms with Gasteiger partial charge in [-0.1, -0.05) is 12.1 Å². The van der Waals surface area contributed by atoms with Gasteiger partial charge in [0.1, 0.15) is 0 Å². The van der Waals surface area contributed by atoms with E-state index in [2.05, 4.69) is 9.97 Å². The van der Waals surface area contributed by atoms with Crippen LogP contribution in [0.4, 0.5) is 0 Å². The van der Waals surface area contributed by atoms with Crippen LogP contribution < -0.4 is 5.56 Å². The second-order valence-electron chi connectivity index (χ2n) is 4.76. The molecule has 1 N–H and O–H groups in total. The molecule has 0 aliphatic carbocycles. The van der Waals surface area contributed by atoms with Gasteiger partial charge >= 0.3 is 0 Å². The zero-order valence-electron chi connectivity index (χ0n) is 11.2. The quantitative estimate of drug-likeness (QED) is 0.785. The van der Waals surface area contributed by atoms with E-state index in [0.717, 1.165) is 10.9 Å². The Morgan fingerprint density at radius 3 is 2.48 bits per heavy atom. The number of hydrogen-bond acceptors (Lipinski definition) is 4. The molecule has 2 aromatic heterocycles. The first-order valence-electron chi connectivity index (χ1n) is 6.23. The molecule has 0 unspecified atom stereocenters. The molecule has 0 saturated heterocycles. The lowest BCUT2D eigenvalue weighted by molar-refractivity contribution is 0.602. The largest absolute Gasteiger partial charge is 0.329 e. The lowest BCUT2D eigenvalue weighted by Crippen LogP contribution is -2.04. The number of sulfone groups is 1.